The molecule has 0 bridgehead atoms. The number of fused-ring (bicyclic) bond motifs is 1. The summed E-state index contributed by atoms with van der Waals surface area (Å²) in [4.78, 5) is 18.9. The summed E-state index contributed by atoms with van der Waals surface area (Å²) in [6.07, 6.45) is 0.0508. The number of aliphatic imine (C=N–C) groups is 1. The van der Waals surface area contributed by atoms with Gasteiger partial charge in [-0.2, -0.15) is 4.99 Å². The van der Waals surface area contributed by atoms with E-state index >= 15 is 0 Å². The summed E-state index contributed by atoms with van der Waals surface area (Å²) in [5, 5.41) is 1.04. The molecule has 0 saturated carbocycles. The molecule has 2 atom stereocenters. The van der Waals surface area contributed by atoms with Crippen LogP contribution in [0, 0.1) is 0 Å². The van der Waals surface area contributed by atoms with E-state index in [1.165, 1.54) is 18.9 Å². The van der Waals surface area contributed by atoms with E-state index in [1.807, 2.05) is 0 Å². The van der Waals surface area contributed by atoms with Crippen LogP contribution in [0.3, 0.4) is 0 Å². The van der Waals surface area contributed by atoms with Crippen LogP contribution in [0.2, 0.25) is 10.0 Å². The fraction of sp³-hybridized carbons (Fsp3) is 0.333. The summed E-state index contributed by atoms with van der Waals surface area (Å²) in [5.41, 5.74) is 1.25. The minimum absolute atomic E-state index is 0.0277. The van der Waals surface area contributed by atoms with E-state index < -0.39 is 9.84 Å². The van der Waals surface area contributed by atoms with Crippen molar-refractivity contribution < 1.29 is 22.7 Å². The van der Waals surface area contributed by atoms with Gasteiger partial charge in [0.25, 0.3) is 5.91 Å². The normalized spacial score (nSPS) is 22.8. The fourth-order valence-electron chi connectivity index (χ4n) is 3.83. The van der Waals surface area contributed by atoms with Crippen LogP contribution < -0.4 is 14.4 Å². The van der Waals surface area contributed by atoms with Crippen molar-refractivity contribution in [2.45, 2.75) is 17.7 Å². The van der Waals surface area contributed by atoms with E-state index in [4.69, 9.17) is 32.7 Å². The number of methoxy groups -OCH3 is 2. The van der Waals surface area contributed by atoms with E-state index in [0.29, 0.717) is 32.4 Å². The highest BCUT2D eigenvalue weighted by Gasteiger charge is 2.49. The van der Waals surface area contributed by atoms with Crippen LogP contribution in [0.15, 0.2) is 41.4 Å². The van der Waals surface area contributed by atoms with Crippen molar-refractivity contribution in [1.29, 1.82) is 0 Å². The molecule has 2 heterocycles. The molecule has 2 aliphatic rings. The second-order valence-corrected chi connectivity index (χ2v) is 11.6. The third-order valence-corrected chi connectivity index (χ3v) is 9.02. The van der Waals surface area contributed by atoms with Crippen LogP contribution in [0.1, 0.15) is 5.56 Å². The minimum Gasteiger partial charge on any atom is -0.493 e. The van der Waals surface area contributed by atoms with Gasteiger partial charge in [0.15, 0.2) is 26.5 Å². The molecule has 0 aromatic heterocycles. The first-order chi connectivity index (χ1) is 15.2. The number of benzene rings is 2. The van der Waals surface area contributed by atoms with Gasteiger partial charge >= 0.3 is 0 Å². The molecule has 2 aliphatic heterocycles. The average molecular weight is 515 g/mol. The molecule has 2 saturated heterocycles. The predicted octanol–water partition coefficient (Wildman–Crippen LogP) is 3.85. The summed E-state index contributed by atoms with van der Waals surface area (Å²) in [7, 11) is -0.122. The highest BCUT2D eigenvalue weighted by atomic mass is 35.5. The lowest BCUT2D eigenvalue weighted by molar-refractivity contribution is -0.117. The number of carbonyl (C=O) groups excluding carboxylic acids is 1. The number of rotatable bonds is 5. The van der Waals surface area contributed by atoms with Crippen LogP contribution >= 0.6 is 35.0 Å². The van der Waals surface area contributed by atoms with Gasteiger partial charge in [0.05, 0.1) is 48.9 Å². The lowest BCUT2D eigenvalue weighted by Gasteiger charge is -2.25. The Labute approximate surface area is 200 Å². The van der Waals surface area contributed by atoms with Gasteiger partial charge in [0.2, 0.25) is 0 Å². The van der Waals surface area contributed by atoms with Crippen molar-refractivity contribution >= 4 is 61.6 Å². The molecule has 7 nitrogen and oxygen atoms in total. The first kappa shape index (κ1) is 23.2. The Kier molecular flexibility index (Phi) is 6.63. The van der Waals surface area contributed by atoms with Crippen LogP contribution in [-0.2, 0) is 21.1 Å². The molecule has 0 aliphatic carbocycles. The first-order valence-corrected chi connectivity index (χ1v) is 13.1. The molecule has 11 heteroatoms. The summed E-state index contributed by atoms with van der Waals surface area (Å²) in [6, 6.07) is 9.81. The topological polar surface area (TPSA) is 85.3 Å². The van der Waals surface area contributed by atoms with E-state index in [1.54, 1.807) is 48.4 Å². The zero-order chi connectivity index (χ0) is 23.0. The van der Waals surface area contributed by atoms with Crippen LogP contribution in [0.4, 0.5) is 5.69 Å². The van der Waals surface area contributed by atoms with Gasteiger partial charge in [-0.15, -0.1) is 0 Å². The van der Waals surface area contributed by atoms with Gasteiger partial charge in [-0.25, -0.2) is 8.42 Å². The third-order valence-electron chi connectivity index (χ3n) is 5.26. The smallest absolute Gasteiger partial charge is 0.252 e. The van der Waals surface area contributed by atoms with Gasteiger partial charge in [0.1, 0.15) is 0 Å². The number of amides is 1. The van der Waals surface area contributed by atoms with E-state index in [-0.39, 0.29) is 35.1 Å². The highest BCUT2D eigenvalue weighted by Crippen LogP contribution is 2.43. The highest BCUT2D eigenvalue weighted by molar-refractivity contribution is 8.16. The summed E-state index contributed by atoms with van der Waals surface area (Å²) >= 11 is 13.9. The SMILES string of the molecule is COc1ccc(CC(=O)N=C2S[C@@H]3CS(=O)(=O)C[C@H]3N2c2cc(Cl)ccc2Cl)cc1OC. The number of sulfone groups is 1. The van der Waals surface area contributed by atoms with Crippen LogP contribution in [0.5, 0.6) is 11.5 Å². The Morgan fingerprint density at radius 2 is 1.88 bits per heavy atom. The standard InChI is InChI=1S/C21H20Cl2N2O5S2/c1-29-17-6-3-12(7-18(17)30-2)8-20(26)24-21-25(15-9-13(22)4-5-14(15)23)16-10-32(27,28)11-19(16)31-21/h3-7,9,16,19H,8,10-11H2,1-2H3/t16-,19-/m1/s1. The number of halogens is 2. The molecule has 0 spiro atoms. The van der Waals surface area contributed by atoms with Crippen LogP contribution in [0.25, 0.3) is 0 Å². The first-order valence-electron chi connectivity index (χ1n) is 9.64. The summed E-state index contributed by atoms with van der Waals surface area (Å²) < 4.78 is 35.0. The van der Waals surface area contributed by atoms with Crippen molar-refractivity contribution in [2.24, 2.45) is 4.99 Å². The van der Waals surface area contributed by atoms with Gasteiger partial charge in [-0.3, -0.25) is 4.79 Å². The number of thioether (sulfide) groups is 1. The van der Waals surface area contributed by atoms with E-state index in [2.05, 4.69) is 4.99 Å². The lowest BCUT2D eigenvalue weighted by Crippen LogP contribution is -2.38. The number of anilines is 1. The average Bonchev–Trinajstić information content (AvgIpc) is 3.20. The summed E-state index contributed by atoms with van der Waals surface area (Å²) in [5.74, 6) is 0.715. The number of hydrogen-bond donors (Lipinski definition) is 0. The monoisotopic (exact) mass is 514 g/mol. The molecule has 0 N–H and O–H groups in total. The Bertz CT molecular complexity index is 1200. The summed E-state index contributed by atoms with van der Waals surface area (Å²) in [6.45, 7) is 0. The predicted molar refractivity (Wildman–Crippen MR) is 128 cm³/mol. The molecule has 2 aromatic rings. The fourth-order valence-corrected chi connectivity index (χ4v) is 8.13. The molecule has 170 valence electrons. The molecule has 2 aromatic carbocycles. The minimum atomic E-state index is -3.19. The molecule has 1 amide bonds. The molecular formula is C21H20Cl2N2O5S2. The van der Waals surface area contributed by atoms with Gasteiger partial charge < -0.3 is 14.4 Å². The van der Waals surface area contributed by atoms with Crippen molar-refractivity contribution in [3.05, 3.63) is 52.0 Å². The zero-order valence-electron chi connectivity index (χ0n) is 17.2. The van der Waals surface area contributed by atoms with Gasteiger partial charge in [0, 0.05) is 10.3 Å². The molecule has 0 radical (unpaired) electrons. The maximum atomic E-state index is 12.8. The number of nitrogens with zero attached hydrogens (tertiary/aromatic N) is 2. The van der Waals surface area contributed by atoms with Crippen molar-refractivity contribution in [3.8, 4) is 11.5 Å². The molecule has 2 fully saturated rings. The van der Waals surface area contributed by atoms with E-state index in [0.717, 1.165) is 5.56 Å². The molecular weight excluding hydrogens is 495 g/mol. The van der Waals surface area contributed by atoms with E-state index in [9.17, 15) is 13.2 Å². The lowest BCUT2D eigenvalue weighted by atomic mass is 10.1. The Hall–Kier alpha value is -1.94. The number of amidine groups is 1. The second-order valence-electron chi connectivity index (χ2n) is 7.42. The molecule has 32 heavy (non-hydrogen) atoms. The number of ether oxygens (including phenoxy) is 2. The van der Waals surface area contributed by atoms with Gasteiger partial charge in [-0.05, 0) is 35.9 Å². The van der Waals surface area contributed by atoms with Crippen molar-refractivity contribution in [1.82, 2.24) is 0 Å². The maximum Gasteiger partial charge on any atom is 0.252 e. The molecule has 0 unspecified atom stereocenters. The largest absolute Gasteiger partial charge is 0.493 e. The third kappa shape index (κ3) is 4.71. The van der Waals surface area contributed by atoms with Crippen molar-refractivity contribution in [3.63, 3.8) is 0 Å². The Morgan fingerprint density at radius 3 is 2.59 bits per heavy atom. The van der Waals surface area contributed by atoms with Gasteiger partial charge in [-0.1, -0.05) is 41.0 Å². The van der Waals surface area contributed by atoms with Crippen LogP contribution in [-0.4, -0.2) is 56.5 Å². The Morgan fingerprint density at radius 1 is 1.12 bits per heavy atom. The molecule has 4 rings (SSSR count). The maximum absolute atomic E-state index is 12.8. The van der Waals surface area contributed by atoms with Crippen molar-refractivity contribution in [2.75, 3.05) is 30.6 Å². The Balaban J connectivity index is 1.65. The zero-order valence-corrected chi connectivity index (χ0v) is 20.4. The number of carbonyl (C=O) groups is 1. The second kappa shape index (κ2) is 9.13. The quantitative estimate of drug-likeness (QED) is 0.598. The number of hydrogen-bond acceptors (Lipinski definition) is 6.